The van der Waals surface area contributed by atoms with Gasteiger partial charge in [0.15, 0.2) is 23.7 Å². The second kappa shape index (κ2) is 12.6. The van der Waals surface area contributed by atoms with Gasteiger partial charge in [-0.15, -0.1) is 0 Å². The first-order valence-corrected chi connectivity index (χ1v) is 14.0. The first kappa shape index (κ1) is 31.5. The molecule has 1 aromatic heterocycles. The summed E-state index contributed by atoms with van der Waals surface area (Å²) in [6, 6.07) is 10.6. The van der Waals surface area contributed by atoms with Crippen molar-refractivity contribution in [2.75, 3.05) is 55.6 Å². The Morgan fingerprint density at radius 2 is 1.57 bits per heavy atom. The van der Waals surface area contributed by atoms with Crippen LogP contribution in [0.1, 0.15) is 16.1 Å². The highest BCUT2D eigenvalue weighted by molar-refractivity contribution is 6.33. The maximum Gasteiger partial charge on any atom is 0.491 e. The van der Waals surface area contributed by atoms with Crippen molar-refractivity contribution >= 4 is 34.9 Å². The first-order chi connectivity index (χ1) is 20.8. The summed E-state index contributed by atoms with van der Waals surface area (Å²) in [4.78, 5) is 31.9. The van der Waals surface area contributed by atoms with Crippen LogP contribution in [0.15, 0.2) is 48.7 Å². The molecule has 3 aromatic rings. The second-order valence-corrected chi connectivity index (χ2v) is 11.0. The molecule has 2 aromatic carbocycles. The maximum absolute atomic E-state index is 13.9. The van der Waals surface area contributed by atoms with Gasteiger partial charge in [0.1, 0.15) is 5.69 Å². The number of nitrogens with zero attached hydrogens (tertiary/aromatic N) is 5. The number of benzene rings is 2. The zero-order chi connectivity index (χ0) is 31.8. The Labute approximate surface area is 253 Å². The quantitative estimate of drug-likeness (QED) is 0.218. The number of aromatic nitrogens is 1. The Balaban J connectivity index is 1.29. The summed E-state index contributed by atoms with van der Waals surface area (Å²) in [6.07, 6.45) is -5.36. The zero-order valence-corrected chi connectivity index (χ0v) is 24.2. The molecule has 8 nitrogen and oxygen atoms in total. The summed E-state index contributed by atoms with van der Waals surface area (Å²) < 4.78 is 86.7. The molecule has 1 unspecified atom stereocenters. The molecule has 0 saturated carbocycles. The highest BCUT2D eigenvalue weighted by Crippen LogP contribution is 2.28. The normalized spacial score (nSPS) is 18.1. The predicted molar refractivity (Wildman–Crippen MR) is 150 cm³/mol. The average molecular weight is 644 g/mol. The fourth-order valence-electron chi connectivity index (χ4n) is 5.43. The standard InChI is InChI=1S/C29H28ClF6N5O3/c1-37-15-18(16-38-6-8-39(9-7-38)23-5-3-2-4-20(23)30)12-24(37)27(42)41-11-10-40(17-25(41)44-28(43)29(34,35)36)19-13-21(31)26(33)22(32)14-19/h2-5,12-15,25H,6-11,16-17H2,1H3. The van der Waals surface area contributed by atoms with Gasteiger partial charge >= 0.3 is 12.1 Å². The number of ether oxygens (including phenoxy) is 1. The summed E-state index contributed by atoms with van der Waals surface area (Å²) in [5.74, 6) is -7.92. The number of esters is 1. The maximum atomic E-state index is 13.9. The van der Waals surface area contributed by atoms with Crippen molar-refractivity contribution in [3.05, 3.63) is 82.4 Å². The Kier molecular flexibility index (Phi) is 9.02. The van der Waals surface area contributed by atoms with Crippen LogP contribution in [0, 0.1) is 17.5 Å². The van der Waals surface area contributed by atoms with Gasteiger partial charge in [-0.2, -0.15) is 13.2 Å². The molecule has 0 bridgehead atoms. The predicted octanol–water partition coefficient (Wildman–Crippen LogP) is 4.81. The molecule has 2 aliphatic heterocycles. The van der Waals surface area contributed by atoms with Gasteiger partial charge in [0, 0.05) is 76.9 Å². The summed E-state index contributed by atoms with van der Waals surface area (Å²) >= 11 is 6.33. The second-order valence-electron chi connectivity index (χ2n) is 10.6. The smallest absolute Gasteiger partial charge is 0.433 e. The average Bonchev–Trinajstić information content (AvgIpc) is 3.35. The van der Waals surface area contributed by atoms with E-state index in [4.69, 9.17) is 11.6 Å². The lowest BCUT2D eigenvalue weighted by atomic mass is 10.2. The fourth-order valence-corrected chi connectivity index (χ4v) is 5.68. The molecular formula is C29H28ClF6N5O3. The Morgan fingerprint density at radius 3 is 2.20 bits per heavy atom. The van der Waals surface area contributed by atoms with Gasteiger partial charge in [-0.25, -0.2) is 18.0 Å². The highest BCUT2D eigenvalue weighted by atomic mass is 35.5. The van der Waals surface area contributed by atoms with Crippen molar-refractivity contribution in [1.82, 2.24) is 14.4 Å². The molecule has 1 amide bonds. The van der Waals surface area contributed by atoms with Crippen molar-refractivity contribution in [3.63, 3.8) is 0 Å². The van der Waals surface area contributed by atoms with Crippen LogP contribution in [0.2, 0.25) is 5.02 Å². The minimum Gasteiger partial charge on any atom is -0.433 e. The molecule has 1 atom stereocenters. The molecule has 0 radical (unpaired) electrons. The molecule has 3 heterocycles. The van der Waals surface area contributed by atoms with Crippen LogP contribution in [0.25, 0.3) is 0 Å². The molecular weight excluding hydrogens is 616 g/mol. The minimum atomic E-state index is -5.35. The Hall–Kier alpha value is -3.91. The highest BCUT2D eigenvalue weighted by Gasteiger charge is 2.45. The molecule has 236 valence electrons. The van der Waals surface area contributed by atoms with Crippen molar-refractivity contribution in [2.45, 2.75) is 18.9 Å². The van der Waals surface area contributed by atoms with Gasteiger partial charge in [0.2, 0.25) is 0 Å². The van der Waals surface area contributed by atoms with E-state index in [1.54, 1.807) is 19.3 Å². The first-order valence-electron chi connectivity index (χ1n) is 13.7. The van der Waals surface area contributed by atoms with Gasteiger partial charge in [0.25, 0.3) is 5.91 Å². The van der Waals surface area contributed by atoms with Crippen LogP contribution in [0.3, 0.4) is 0 Å². The monoisotopic (exact) mass is 643 g/mol. The lowest BCUT2D eigenvalue weighted by Crippen LogP contribution is -2.58. The molecule has 0 spiro atoms. The Morgan fingerprint density at radius 1 is 0.932 bits per heavy atom. The lowest BCUT2D eigenvalue weighted by Gasteiger charge is -2.41. The van der Waals surface area contributed by atoms with E-state index in [0.717, 1.165) is 42.3 Å². The number of rotatable bonds is 6. The minimum absolute atomic E-state index is 0.0801. The molecule has 2 fully saturated rings. The number of halogens is 7. The van der Waals surface area contributed by atoms with Crippen LogP contribution in [0.5, 0.6) is 0 Å². The Bertz CT molecular complexity index is 1520. The molecule has 15 heteroatoms. The van der Waals surface area contributed by atoms with Gasteiger partial charge in [-0.05, 0) is 23.8 Å². The summed E-state index contributed by atoms with van der Waals surface area (Å²) in [7, 11) is 1.61. The molecule has 0 N–H and O–H groups in total. The third-order valence-corrected chi connectivity index (χ3v) is 7.98. The number of anilines is 2. The van der Waals surface area contributed by atoms with Crippen molar-refractivity contribution < 1.29 is 40.7 Å². The topological polar surface area (TPSA) is 61.3 Å². The van der Waals surface area contributed by atoms with E-state index in [1.165, 1.54) is 9.47 Å². The van der Waals surface area contributed by atoms with E-state index >= 15 is 0 Å². The van der Waals surface area contributed by atoms with Crippen LogP contribution < -0.4 is 9.80 Å². The number of para-hydroxylation sites is 1. The van der Waals surface area contributed by atoms with Crippen LogP contribution in [0.4, 0.5) is 37.7 Å². The van der Waals surface area contributed by atoms with E-state index in [9.17, 15) is 35.9 Å². The third-order valence-electron chi connectivity index (χ3n) is 7.66. The number of carbonyl (C=O) groups is 2. The van der Waals surface area contributed by atoms with Crippen molar-refractivity contribution in [3.8, 4) is 0 Å². The van der Waals surface area contributed by atoms with E-state index in [-0.39, 0.29) is 24.5 Å². The third kappa shape index (κ3) is 6.75. The van der Waals surface area contributed by atoms with Gasteiger partial charge < -0.3 is 19.1 Å². The summed E-state index contributed by atoms with van der Waals surface area (Å²) in [6.45, 7) is 2.58. The number of hydrogen-bond donors (Lipinski definition) is 0. The number of piperazine rings is 2. The van der Waals surface area contributed by atoms with Crippen molar-refractivity contribution in [1.29, 1.82) is 0 Å². The molecule has 2 aliphatic rings. The van der Waals surface area contributed by atoms with E-state index in [0.29, 0.717) is 23.7 Å². The largest absolute Gasteiger partial charge is 0.491 e. The summed E-state index contributed by atoms with van der Waals surface area (Å²) in [5, 5.41) is 0.671. The SMILES string of the molecule is Cn1cc(CN2CCN(c3ccccc3Cl)CC2)cc1C(=O)N1CCN(c2cc(F)c(F)c(F)c2)CC1OC(=O)C(F)(F)F. The van der Waals surface area contributed by atoms with Crippen molar-refractivity contribution in [2.24, 2.45) is 7.05 Å². The fraction of sp³-hybridized carbons (Fsp3) is 0.379. The molecule has 2 saturated heterocycles. The number of alkyl halides is 3. The number of amides is 1. The van der Waals surface area contributed by atoms with Crippen LogP contribution in [-0.4, -0.2) is 84.5 Å². The number of carbonyl (C=O) groups excluding carboxylic acids is 2. The summed E-state index contributed by atoms with van der Waals surface area (Å²) in [5.41, 5.74) is 1.71. The molecule has 44 heavy (non-hydrogen) atoms. The zero-order valence-electron chi connectivity index (χ0n) is 23.5. The van der Waals surface area contributed by atoms with Gasteiger partial charge in [0.05, 0.1) is 17.3 Å². The van der Waals surface area contributed by atoms with E-state index < -0.39 is 48.3 Å². The van der Waals surface area contributed by atoms with Crippen LogP contribution in [-0.2, 0) is 23.1 Å². The van der Waals surface area contributed by atoms with Gasteiger partial charge in [-0.1, -0.05) is 23.7 Å². The number of aryl methyl sites for hydroxylation is 1. The van der Waals surface area contributed by atoms with Crippen LogP contribution >= 0.6 is 11.6 Å². The number of hydrogen-bond acceptors (Lipinski definition) is 6. The lowest BCUT2D eigenvalue weighted by molar-refractivity contribution is -0.211. The van der Waals surface area contributed by atoms with Gasteiger partial charge in [-0.3, -0.25) is 14.6 Å². The van der Waals surface area contributed by atoms with E-state index in [1.807, 2.05) is 24.3 Å². The molecule has 5 rings (SSSR count). The van der Waals surface area contributed by atoms with E-state index in [2.05, 4.69) is 14.5 Å². The molecule has 0 aliphatic carbocycles.